The Morgan fingerprint density at radius 3 is 2.47 bits per heavy atom. The Balaban J connectivity index is 1.66. The highest BCUT2D eigenvalue weighted by Gasteiger charge is 2.19. The number of urea groups is 1. The number of nitrogens with zero attached hydrogens (tertiary/aromatic N) is 1. The molecule has 0 bridgehead atoms. The summed E-state index contributed by atoms with van der Waals surface area (Å²) in [6.45, 7) is 4.49. The van der Waals surface area contributed by atoms with Gasteiger partial charge in [0.15, 0.2) is 5.43 Å². The molecule has 0 spiro atoms. The Morgan fingerprint density at radius 2 is 1.69 bits per heavy atom. The van der Waals surface area contributed by atoms with E-state index in [1.165, 1.54) is 6.26 Å². The van der Waals surface area contributed by atoms with E-state index in [2.05, 4.69) is 12.2 Å². The summed E-state index contributed by atoms with van der Waals surface area (Å²) in [5.41, 5.74) is 4.66. The molecule has 1 aromatic heterocycles. The molecule has 0 fully saturated rings. The third-order valence-electron chi connectivity index (χ3n) is 5.50. The molecule has 2 amide bonds. The number of anilines is 1. The van der Waals surface area contributed by atoms with Gasteiger partial charge in [-0.25, -0.2) is 4.79 Å². The first-order valence-corrected chi connectivity index (χ1v) is 10.7. The van der Waals surface area contributed by atoms with Crippen LogP contribution in [0.5, 0.6) is 0 Å². The van der Waals surface area contributed by atoms with Crippen LogP contribution in [-0.4, -0.2) is 10.9 Å². The molecule has 0 atom stereocenters. The van der Waals surface area contributed by atoms with Crippen LogP contribution in [0.2, 0.25) is 0 Å². The minimum atomic E-state index is -0.265. The summed E-state index contributed by atoms with van der Waals surface area (Å²) in [6, 6.07) is 22.7. The minimum Gasteiger partial charge on any atom is -0.464 e. The fourth-order valence-corrected chi connectivity index (χ4v) is 3.75. The van der Waals surface area contributed by atoms with Crippen molar-refractivity contribution in [1.29, 1.82) is 0 Å². The number of fused-ring (bicyclic) bond motifs is 1. The van der Waals surface area contributed by atoms with Crippen LogP contribution in [0.4, 0.5) is 10.5 Å². The Bertz CT molecular complexity index is 1300. The van der Waals surface area contributed by atoms with E-state index in [1.54, 1.807) is 11.0 Å². The van der Waals surface area contributed by atoms with Gasteiger partial charge in [-0.3, -0.25) is 4.79 Å². The maximum atomic E-state index is 13.3. The Labute approximate surface area is 187 Å². The summed E-state index contributed by atoms with van der Waals surface area (Å²) in [4.78, 5) is 28.1. The van der Waals surface area contributed by atoms with E-state index in [4.69, 9.17) is 4.42 Å². The maximum Gasteiger partial charge on any atom is 0.322 e. The number of amides is 2. The van der Waals surface area contributed by atoms with E-state index in [0.717, 1.165) is 28.8 Å². The summed E-state index contributed by atoms with van der Waals surface area (Å²) >= 11 is 0. The lowest BCUT2D eigenvalue weighted by molar-refractivity contribution is 0.206. The molecular weight excluding hydrogens is 400 g/mol. The fraction of sp³-hybridized carbons (Fsp3) is 0.185. The van der Waals surface area contributed by atoms with Crippen LogP contribution in [0.1, 0.15) is 29.2 Å². The van der Waals surface area contributed by atoms with Crippen molar-refractivity contribution in [3.05, 3.63) is 112 Å². The van der Waals surface area contributed by atoms with Crippen LogP contribution >= 0.6 is 0 Å². The summed E-state index contributed by atoms with van der Waals surface area (Å²) in [5, 5.41) is 3.55. The van der Waals surface area contributed by atoms with Crippen LogP contribution in [0, 0.1) is 6.92 Å². The molecule has 3 aromatic carbocycles. The third kappa shape index (κ3) is 4.72. The van der Waals surface area contributed by atoms with Crippen molar-refractivity contribution in [2.45, 2.75) is 33.4 Å². The predicted octanol–water partition coefficient (Wildman–Crippen LogP) is 5.90. The average molecular weight is 427 g/mol. The zero-order chi connectivity index (χ0) is 22.5. The molecule has 1 heterocycles. The molecule has 0 unspecified atom stereocenters. The number of nitrogens with one attached hydrogen (secondary N) is 1. The lowest BCUT2D eigenvalue weighted by Crippen LogP contribution is -2.35. The van der Waals surface area contributed by atoms with E-state index < -0.39 is 0 Å². The average Bonchev–Trinajstić information content (AvgIpc) is 2.81. The standard InChI is InChI=1S/C27H26N2O3/c1-3-21-11-7-8-12-24(21)28-27(31)29(16-20-9-5-4-6-10-20)17-22-18-32-25-14-13-19(2)15-23(25)26(22)30/h4-15,18H,3,16-17H2,1-2H3,(H,28,31). The number of hydrogen-bond donors (Lipinski definition) is 1. The number of carbonyl (C=O) groups is 1. The fourth-order valence-electron chi connectivity index (χ4n) is 3.75. The molecule has 32 heavy (non-hydrogen) atoms. The van der Waals surface area contributed by atoms with Crippen molar-refractivity contribution in [2.75, 3.05) is 5.32 Å². The molecule has 0 saturated heterocycles. The first kappa shape index (κ1) is 21.4. The van der Waals surface area contributed by atoms with Gasteiger partial charge in [0, 0.05) is 12.2 Å². The van der Waals surface area contributed by atoms with Gasteiger partial charge in [-0.05, 0) is 42.7 Å². The molecule has 0 saturated carbocycles. The molecule has 5 heteroatoms. The monoisotopic (exact) mass is 426 g/mol. The minimum absolute atomic E-state index is 0.116. The summed E-state index contributed by atoms with van der Waals surface area (Å²) in [7, 11) is 0. The molecule has 162 valence electrons. The SMILES string of the molecule is CCc1ccccc1NC(=O)N(Cc1ccccc1)Cc1coc2ccc(C)cc2c1=O. The van der Waals surface area contributed by atoms with Gasteiger partial charge in [0.2, 0.25) is 0 Å². The van der Waals surface area contributed by atoms with E-state index in [0.29, 0.717) is 23.1 Å². The molecule has 0 aliphatic carbocycles. The first-order valence-electron chi connectivity index (χ1n) is 10.7. The third-order valence-corrected chi connectivity index (χ3v) is 5.50. The van der Waals surface area contributed by atoms with Crippen molar-refractivity contribution in [2.24, 2.45) is 0 Å². The number of para-hydroxylation sites is 1. The zero-order valence-corrected chi connectivity index (χ0v) is 18.3. The van der Waals surface area contributed by atoms with Gasteiger partial charge in [0.1, 0.15) is 5.58 Å². The highest BCUT2D eigenvalue weighted by Crippen LogP contribution is 2.19. The first-order chi connectivity index (χ1) is 15.5. The van der Waals surface area contributed by atoms with Gasteiger partial charge >= 0.3 is 6.03 Å². The van der Waals surface area contributed by atoms with Crippen LogP contribution in [0.3, 0.4) is 0 Å². The van der Waals surface area contributed by atoms with Crippen molar-refractivity contribution in [3.8, 4) is 0 Å². The van der Waals surface area contributed by atoms with Gasteiger partial charge in [0.05, 0.1) is 23.8 Å². The number of carbonyl (C=O) groups excluding carboxylic acids is 1. The van der Waals surface area contributed by atoms with Crippen molar-refractivity contribution in [3.63, 3.8) is 0 Å². The second kappa shape index (κ2) is 9.52. The zero-order valence-electron chi connectivity index (χ0n) is 18.3. The largest absolute Gasteiger partial charge is 0.464 e. The van der Waals surface area contributed by atoms with E-state index in [9.17, 15) is 9.59 Å². The van der Waals surface area contributed by atoms with Gasteiger partial charge in [-0.15, -0.1) is 0 Å². The quantitative estimate of drug-likeness (QED) is 0.418. The predicted molar refractivity (Wildman–Crippen MR) is 128 cm³/mol. The Morgan fingerprint density at radius 1 is 0.938 bits per heavy atom. The molecular formula is C27H26N2O3. The lowest BCUT2D eigenvalue weighted by Gasteiger charge is -2.24. The molecule has 0 radical (unpaired) electrons. The lowest BCUT2D eigenvalue weighted by atomic mass is 10.1. The topological polar surface area (TPSA) is 62.6 Å². The summed E-state index contributed by atoms with van der Waals surface area (Å²) in [5.74, 6) is 0. The summed E-state index contributed by atoms with van der Waals surface area (Å²) < 4.78 is 5.71. The maximum absolute atomic E-state index is 13.3. The van der Waals surface area contributed by atoms with E-state index >= 15 is 0 Å². The second-order valence-corrected chi connectivity index (χ2v) is 7.87. The Kier molecular flexibility index (Phi) is 6.36. The van der Waals surface area contributed by atoms with Gasteiger partial charge < -0.3 is 14.6 Å². The number of aryl methyl sites for hydroxylation is 2. The molecule has 5 nitrogen and oxygen atoms in total. The number of rotatable bonds is 6. The van der Waals surface area contributed by atoms with Crippen LogP contribution < -0.4 is 10.7 Å². The number of hydrogen-bond acceptors (Lipinski definition) is 3. The van der Waals surface area contributed by atoms with Gasteiger partial charge in [-0.2, -0.15) is 0 Å². The molecule has 4 rings (SSSR count). The van der Waals surface area contributed by atoms with Crippen LogP contribution in [0.15, 0.2) is 88.3 Å². The molecule has 1 N–H and O–H groups in total. The van der Waals surface area contributed by atoms with E-state index in [-0.39, 0.29) is 18.0 Å². The molecule has 0 aliphatic heterocycles. The molecule has 4 aromatic rings. The smallest absolute Gasteiger partial charge is 0.322 e. The van der Waals surface area contributed by atoms with Crippen LogP contribution in [-0.2, 0) is 19.5 Å². The van der Waals surface area contributed by atoms with Crippen molar-refractivity contribution in [1.82, 2.24) is 4.90 Å². The number of benzene rings is 3. The highest BCUT2D eigenvalue weighted by atomic mass is 16.3. The second-order valence-electron chi connectivity index (χ2n) is 7.87. The van der Waals surface area contributed by atoms with E-state index in [1.807, 2.05) is 73.7 Å². The van der Waals surface area contributed by atoms with Gasteiger partial charge in [0.25, 0.3) is 0 Å². The Hall–Kier alpha value is -3.86. The van der Waals surface area contributed by atoms with Crippen molar-refractivity contribution < 1.29 is 9.21 Å². The molecule has 0 aliphatic rings. The summed E-state index contributed by atoms with van der Waals surface area (Å²) in [6.07, 6.45) is 2.27. The van der Waals surface area contributed by atoms with Crippen LogP contribution in [0.25, 0.3) is 11.0 Å². The normalized spacial score (nSPS) is 10.8. The van der Waals surface area contributed by atoms with Crippen molar-refractivity contribution >= 4 is 22.7 Å². The van der Waals surface area contributed by atoms with Gasteiger partial charge in [-0.1, -0.05) is 67.1 Å². The highest BCUT2D eigenvalue weighted by molar-refractivity contribution is 5.90.